The van der Waals surface area contributed by atoms with Crippen LogP contribution in [0.15, 0.2) is 65.3 Å². The van der Waals surface area contributed by atoms with Crippen molar-refractivity contribution >= 4 is 34.1 Å². The third-order valence-electron chi connectivity index (χ3n) is 4.33. The van der Waals surface area contributed by atoms with Gasteiger partial charge in [-0.2, -0.15) is 0 Å². The summed E-state index contributed by atoms with van der Waals surface area (Å²) in [6.45, 7) is 1.90. The van der Waals surface area contributed by atoms with Gasteiger partial charge in [0.1, 0.15) is 17.0 Å². The maximum atomic E-state index is 12.3. The molecular formula is C21H20N6O3S2. The van der Waals surface area contributed by atoms with E-state index >= 15 is 0 Å². The summed E-state index contributed by atoms with van der Waals surface area (Å²) >= 11 is 2.54. The second-order valence-corrected chi connectivity index (χ2v) is 8.31. The Bertz CT molecular complexity index is 1170. The number of hydrogen-bond donors (Lipinski definition) is 1. The Kier molecular flexibility index (Phi) is 6.97. The maximum Gasteiger partial charge on any atom is 0.236 e. The highest BCUT2D eigenvalue weighted by molar-refractivity contribution is 7.99. The molecule has 0 bridgehead atoms. The number of benzene rings is 2. The molecule has 0 spiro atoms. The fourth-order valence-corrected chi connectivity index (χ4v) is 4.12. The second kappa shape index (κ2) is 10.2. The van der Waals surface area contributed by atoms with Crippen LogP contribution < -0.4 is 14.8 Å². The third kappa shape index (κ3) is 5.24. The molecule has 0 saturated heterocycles. The van der Waals surface area contributed by atoms with Crippen molar-refractivity contribution in [1.29, 1.82) is 0 Å². The zero-order chi connectivity index (χ0) is 22.3. The lowest BCUT2D eigenvalue weighted by atomic mass is 10.3. The average Bonchev–Trinajstić information content (AvgIpc) is 3.48. The first kappa shape index (κ1) is 21.8. The average molecular weight is 469 g/mol. The van der Waals surface area contributed by atoms with Crippen molar-refractivity contribution in [2.45, 2.75) is 18.2 Å². The molecule has 1 amide bonds. The summed E-state index contributed by atoms with van der Waals surface area (Å²) in [6.07, 6.45) is -0.403. The Labute approximate surface area is 192 Å². The maximum absolute atomic E-state index is 12.3. The lowest BCUT2D eigenvalue weighted by Gasteiger charge is -2.17. The molecule has 1 N–H and O–H groups in total. The highest BCUT2D eigenvalue weighted by Gasteiger charge is 2.22. The minimum absolute atomic E-state index is 0.148. The Hall–Kier alpha value is -3.44. The van der Waals surface area contributed by atoms with Gasteiger partial charge in [0.05, 0.1) is 12.9 Å². The van der Waals surface area contributed by atoms with Crippen LogP contribution in [0.2, 0.25) is 0 Å². The Morgan fingerprint density at radius 3 is 2.69 bits per heavy atom. The molecule has 0 fully saturated rings. The number of rotatable bonds is 9. The zero-order valence-electron chi connectivity index (χ0n) is 17.3. The van der Waals surface area contributed by atoms with E-state index in [-0.39, 0.29) is 11.7 Å². The van der Waals surface area contributed by atoms with Gasteiger partial charge in [-0.3, -0.25) is 14.7 Å². The van der Waals surface area contributed by atoms with Gasteiger partial charge in [-0.1, -0.05) is 47.4 Å². The van der Waals surface area contributed by atoms with Gasteiger partial charge in [0.25, 0.3) is 0 Å². The summed E-state index contributed by atoms with van der Waals surface area (Å²) in [4.78, 5) is 12.3. The van der Waals surface area contributed by atoms with Gasteiger partial charge in [0.15, 0.2) is 17.1 Å². The number of hydrogen-bond acceptors (Lipinski definition) is 9. The van der Waals surface area contributed by atoms with E-state index in [1.165, 1.54) is 23.1 Å². The summed E-state index contributed by atoms with van der Waals surface area (Å²) in [6, 6.07) is 17.1. The number of anilines is 1. The van der Waals surface area contributed by atoms with Gasteiger partial charge in [-0.05, 0) is 31.2 Å². The SMILES string of the molecule is COc1cccc(OC(C)c2nnc(SCC(=O)Nc3nncs3)n2-c2ccccc2)c1. The molecule has 2 aromatic carbocycles. The molecule has 9 nitrogen and oxygen atoms in total. The third-order valence-corrected chi connectivity index (χ3v) is 5.86. The molecule has 32 heavy (non-hydrogen) atoms. The van der Waals surface area contributed by atoms with Crippen LogP contribution in [0.3, 0.4) is 0 Å². The quantitative estimate of drug-likeness (QED) is 0.368. The van der Waals surface area contributed by atoms with Gasteiger partial charge in [0.2, 0.25) is 11.0 Å². The van der Waals surface area contributed by atoms with Crippen LogP contribution in [0.1, 0.15) is 18.9 Å². The Morgan fingerprint density at radius 1 is 1.12 bits per heavy atom. The van der Waals surface area contributed by atoms with Crippen LogP contribution in [0.5, 0.6) is 11.5 Å². The van der Waals surface area contributed by atoms with Gasteiger partial charge in [0, 0.05) is 11.8 Å². The van der Waals surface area contributed by atoms with E-state index in [0.717, 1.165) is 5.69 Å². The van der Waals surface area contributed by atoms with Crippen molar-refractivity contribution in [2.24, 2.45) is 0 Å². The van der Waals surface area contributed by atoms with Crippen molar-refractivity contribution in [3.05, 3.63) is 65.9 Å². The van der Waals surface area contributed by atoms with Crippen molar-refractivity contribution < 1.29 is 14.3 Å². The largest absolute Gasteiger partial charge is 0.497 e. The van der Waals surface area contributed by atoms with Gasteiger partial charge in [-0.15, -0.1) is 20.4 Å². The Balaban J connectivity index is 1.55. The number of aromatic nitrogens is 5. The van der Waals surface area contributed by atoms with Gasteiger partial charge < -0.3 is 9.47 Å². The fourth-order valence-electron chi connectivity index (χ4n) is 2.90. The van der Waals surface area contributed by atoms with E-state index in [1.54, 1.807) is 12.6 Å². The van der Waals surface area contributed by atoms with E-state index in [9.17, 15) is 4.79 Å². The summed E-state index contributed by atoms with van der Waals surface area (Å²) in [5.74, 6) is 1.93. The van der Waals surface area contributed by atoms with Gasteiger partial charge in [-0.25, -0.2) is 0 Å². The molecule has 2 heterocycles. The second-order valence-electron chi connectivity index (χ2n) is 6.53. The molecule has 0 aliphatic carbocycles. The van der Waals surface area contributed by atoms with Crippen LogP contribution in [0, 0.1) is 0 Å². The molecule has 164 valence electrons. The molecule has 0 saturated carbocycles. The van der Waals surface area contributed by atoms with Crippen molar-refractivity contribution in [1.82, 2.24) is 25.0 Å². The van der Waals surface area contributed by atoms with Crippen molar-refractivity contribution in [3.63, 3.8) is 0 Å². The smallest absolute Gasteiger partial charge is 0.236 e. The molecule has 1 atom stereocenters. The number of carbonyl (C=O) groups is 1. The highest BCUT2D eigenvalue weighted by Crippen LogP contribution is 2.29. The van der Waals surface area contributed by atoms with Crippen LogP contribution in [0.4, 0.5) is 5.13 Å². The molecule has 2 aromatic heterocycles. The molecule has 4 aromatic rings. The van der Waals surface area contributed by atoms with E-state index < -0.39 is 6.10 Å². The normalized spacial score (nSPS) is 11.7. The first-order chi connectivity index (χ1) is 15.6. The predicted octanol–water partition coefficient (Wildman–Crippen LogP) is 4.00. The number of carbonyl (C=O) groups excluding carboxylic acids is 1. The predicted molar refractivity (Wildman–Crippen MR) is 123 cm³/mol. The van der Waals surface area contributed by atoms with E-state index in [4.69, 9.17) is 9.47 Å². The summed E-state index contributed by atoms with van der Waals surface area (Å²) < 4.78 is 13.3. The zero-order valence-corrected chi connectivity index (χ0v) is 19.0. The first-order valence-electron chi connectivity index (χ1n) is 9.64. The number of nitrogens with one attached hydrogen (secondary N) is 1. The van der Waals surface area contributed by atoms with Gasteiger partial charge >= 0.3 is 0 Å². The van der Waals surface area contributed by atoms with Crippen LogP contribution in [-0.4, -0.2) is 43.7 Å². The van der Waals surface area contributed by atoms with Crippen LogP contribution >= 0.6 is 23.1 Å². The number of amides is 1. The summed E-state index contributed by atoms with van der Waals surface area (Å²) in [5.41, 5.74) is 2.44. The number of para-hydroxylation sites is 1. The van der Waals surface area contributed by atoms with E-state index in [1.807, 2.05) is 66.1 Å². The van der Waals surface area contributed by atoms with Crippen molar-refractivity contribution in [2.75, 3.05) is 18.2 Å². The molecular weight excluding hydrogens is 448 g/mol. The highest BCUT2D eigenvalue weighted by atomic mass is 32.2. The van der Waals surface area contributed by atoms with E-state index in [2.05, 4.69) is 25.7 Å². The molecule has 1 unspecified atom stereocenters. The molecule has 11 heteroatoms. The summed E-state index contributed by atoms with van der Waals surface area (Å²) in [7, 11) is 1.61. The fraction of sp³-hybridized carbons (Fsp3) is 0.190. The molecule has 0 aliphatic heterocycles. The standard InChI is InChI=1S/C21H20N6O3S2/c1-14(30-17-10-6-9-16(11-17)29-2)19-24-26-21(27(19)15-7-4-3-5-8-15)31-12-18(28)23-20-25-22-13-32-20/h3-11,13-14H,12H2,1-2H3,(H,23,25,28). The monoisotopic (exact) mass is 468 g/mol. The van der Waals surface area contributed by atoms with Crippen molar-refractivity contribution in [3.8, 4) is 17.2 Å². The molecule has 0 radical (unpaired) electrons. The topological polar surface area (TPSA) is 104 Å². The lowest BCUT2D eigenvalue weighted by molar-refractivity contribution is -0.113. The Morgan fingerprint density at radius 2 is 1.94 bits per heavy atom. The number of thioether (sulfide) groups is 1. The number of nitrogens with zero attached hydrogens (tertiary/aromatic N) is 5. The molecule has 4 rings (SSSR count). The molecule has 0 aliphatic rings. The lowest BCUT2D eigenvalue weighted by Crippen LogP contribution is -2.15. The van der Waals surface area contributed by atoms with E-state index in [0.29, 0.717) is 27.6 Å². The van der Waals surface area contributed by atoms with Crippen LogP contribution in [-0.2, 0) is 4.79 Å². The first-order valence-corrected chi connectivity index (χ1v) is 11.5. The number of methoxy groups -OCH3 is 1. The minimum atomic E-state index is -0.403. The van der Waals surface area contributed by atoms with Crippen LogP contribution in [0.25, 0.3) is 5.69 Å². The minimum Gasteiger partial charge on any atom is -0.497 e. The number of ether oxygens (including phenoxy) is 2. The summed E-state index contributed by atoms with van der Waals surface area (Å²) in [5, 5.41) is 20.0.